The fourth-order valence-corrected chi connectivity index (χ4v) is 4.21. The second-order valence-corrected chi connectivity index (χ2v) is 8.18. The minimum Gasteiger partial charge on any atom is -0.505 e. The Kier molecular flexibility index (Phi) is 5.44. The Hall–Kier alpha value is -4.66. The molecule has 1 aliphatic rings. The van der Waals surface area contributed by atoms with Crippen molar-refractivity contribution in [2.45, 2.75) is 13.1 Å². The van der Waals surface area contributed by atoms with Gasteiger partial charge in [0, 0.05) is 24.8 Å². The molecule has 2 aromatic carbocycles. The molecule has 3 heterocycles. The molecule has 0 aliphatic carbocycles. The van der Waals surface area contributed by atoms with Gasteiger partial charge < -0.3 is 10.0 Å². The number of imide groups is 1. The summed E-state index contributed by atoms with van der Waals surface area (Å²) < 4.78 is 13.3. The van der Waals surface area contributed by atoms with E-state index in [1.807, 2.05) is 0 Å². The van der Waals surface area contributed by atoms with Crippen molar-refractivity contribution in [3.8, 4) is 5.75 Å². The summed E-state index contributed by atoms with van der Waals surface area (Å²) in [6.45, 7) is 0.0196. The number of carbonyl (C=O) groups excluding carboxylic acids is 3. The molecule has 3 amide bonds. The molecule has 4 aromatic rings. The van der Waals surface area contributed by atoms with E-state index in [0.29, 0.717) is 11.3 Å². The molecule has 1 N–H and O–H groups in total. The van der Waals surface area contributed by atoms with E-state index in [0.717, 1.165) is 4.90 Å². The van der Waals surface area contributed by atoms with Gasteiger partial charge in [-0.15, -0.1) is 0 Å². The summed E-state index contributed by atoms with van der Waals surface area (Å²) >= 11 is 0. The average molecular weight is 470 g/mol. The third-order valence-electron chi connectivity index (χ3n) is 5.90. The first-order valence-corrected chi connectivity index (χ1v) is 10.8. The first kappa shape index (κ1) is 22.1. The van der Waals surface area contributed by atoms with Crippen LogP contribution in [0, 0.1) is 5.82 Å². The molecule has 1 aliphatic heterocycles. The number of hydrogen-bond donors (Lipinski definition) is 1. The number of pyridine rings is 2. The molecule has 35 heavy (non-hydrogen) atoms. The van der Waals surface area contributed by atoms with Gasteiger partial charge in [-0.1, -0.05) is 24.3 Å². The monoisotopic (exact) mass is 470 g/mol. The lowest BCUT2D eigenvalue weighted by molar-refractivity contribution is 0.0636. The molecule has 0 unspecified atom stereocenters. The number of fused-ring (bicyclic) bond motifs is 2. The highest BCUT2D eigenvalue weighted by atomic mass is 19.1. The van der Waals surface area contributed by atoms with Crippen LogP contribution in [0.2, 0.25) is 0 Å². The number of amides is 3. The molecule has 0 fully saturated rings. The number of hydrogen-bond acceptors (Lipinski definition) is 6. The zero-order valence-corrected chi connectivity index (χ0v) is 18.6. The van der Waals surface area contributed by atoms with Crippen LogP contribution >= 0.6 is 0 Å². The molecule has 0 spiro atoms. The minimum atomic E-state index is -0.749. The second kappa shape index (κ2) is 8.60. The number of rotatable bonds is 5. The van der Waals surface area contributed by atoms with Crippen LogP contribution in [0.15, 0.2) is 67.0 Å². The van der Waals surface area contributed by atoms with Crippen LogP contribution in [0.25, 0.3) is 10.9 Å². The second-order valence-electron chi connectivity index (χ2n) is 8.18. The van der Waals surface area contributed by atoms with Gasteiger partial charge in [0.15, 0.2) is 5.75 Å². The maximum atomic E-state index is 13.7. The van der Waals surface area contributed by atoms with Crippen molar-refractivity contribution in [3.05, 3.63) is 101 Å². The van der Waals surface area contributed by atoms with Crippen molar-refractivity contribution in [1.29, 1.82) is 0 Å². The number of nitrogens with zero attached hydrogens (tertiary/aromatic N) is 4. The van der Waals surface area contributed by atoms with Crippen molar-refractivity contribution in [2.24, 2.45) is 0 Å². The van der Waals surface area contributed by atoms with E-state index in [2.05, 4.69) is 9.97 Å². The molecule has 5 rings (SSSR count). The van der Waals surface area contributed by atoms with Gasteiger partial charge in [0.1, 0.15) is 11.3 Å². The number of halogens is 1. The molecule has 0 atom stereocenters. The Morgan fingerprint density at radius 2 is 1.69 bits per heavy atom. The standard InChI is InChI=1S/C26H19FN4O4/c1-30(14-17-5-2-3-11-28-17)24(33)19-18-6-4-12-29-22(18)23(32)21-20(19)25(34)31(26(21)35)13-15-7-9-16(27)10-8-15/h2-12,32H,13-14H2,1H3. The fourth-order valence-electron chi connectivity index (χ4n) is 4.21. The van der Waals surface area contributed by atoms with E-state index >= 15 is 0 Å². The predicted molar refractivity (Wildman–Crippen MR) is 124 cm³/mol. The van der Waals surface area contributed by atoms with Crippen molar-refractivity contribution in [1.82, 2.24) is 19.8 Å². The Labute approximate surface area is 199 Å². The molecule has 0 saturated carbocycles. The lowest BCUT2D eigenvalue weighted by atomic mass is 9.95. The van der Waals surface area contributed by atoms with E-state index in [1.165, 1.54) is 35.4 Å². The van der Waals surface area contributed by atoms with Gasteiger partial charge in [-0.3, -0.25) is 29.3 Å². The fraction of sp³-hybridized carbons (Fsp3) is 0.115. The quantitative estimate of drug-likeness (QED) is 0.448. The van der Waals surface area contributed by atoms with E-state index < -0.39 is 29.3 Å². The molecule has 174 valence electrons. The highest BCUT2D eigenvalue weighted by Crippen LogP contribution is 2.40. The van der Waals surface area contributed by atoms with Crippen LogP contribution in [-0.4, -0.2) is 49.6 Å². The Balaban J connectivity index is 1.62. The van der Waals surface area contributed by atoms with E-state index in [4.69, 9.17) is 0 Å². The van der Waals surface area contributed by atoms with Crippen LogP contribution in [0.3, 0.4) is 0 Å². The van der Waals surface area contributed by atoms with Crippen LogP contribution in [-0.2, 0) is 13.1 Å². The third kappa shape index (κ3) is 3.76. The zero-order valence-electron chi connectivity index (χ0n) is 18.6. The molecular formula is C26H19FN4O4. The molecule has 0 bridgehead atoms. The number of phenols is 1. The van der Waals surface area contributed by atoms with Gasteiger partial charge in [0.05, 0.1) is 35.5 Å². The zero-order chi connectivity index (χ0) is 24.7. The van der Waals surface area contributed by atoms with Gasteiger partial charge in [-0.25, -0.2) is 4.39 Å². The SMILES string of the molecule is CN(Cc1ccccn1)C(=O)c1c2c(c(O)c3ncccc13)C(=O)N(Cc1ccc(F)cc1)C2=O. The number of aromatic nitrogens is 2. The van der Waals surface area contributed by atoms with Gasteiger partial charge in [0.25, 0.3) is 17.7 Å². The Morgan fingerprint density at radius 3 is 2.40 bits per heavy atom. The largest absolute Gasteiger partial charge is 0.505 e. The van der Waals surface area contributed by atoms with Crippen molar-refractivity contribution in [2.75, 3.05) is 7.05 Å². The number of phenolic OH excluding ortho intramolecular Hbond substituents is 1. The normalized spacial score (nSPS) is 12.8. The molecule has 2 aromatic heterocycles. The average Bonchev–Trinajstić information content (AvgIpc) is 3.11. The first-order valence-electron chi connectivity index (χ1n) is 10.8. The highest BCUT2D eigenvalue weighted by molar-refractivity contribution is 6.30. The van der Waals surface area contributed by atoms with Crippen LogP contribution in [0.4, 0.5) is 4.39 Å². The van der Waals surface area contributed by atoms with E-state index in [1.54, 1.807) is 43.6 Å². The number of aromatic hydroxyl groups is 1. The maximum absolute atomic E-state index is 13.7. The summed E-state index contributed by atoms with van der Waals surface area (Å²) in [6, 6.07) is 13.9. The molecule has 8 nitrogen and oxygen atoms in total. The Morgan fingerprint density at radius 1 is 0.971 bits per heavy atom. The predicted octanol–water partition coefficient (Wildman–Crippen LogP) is 3.54. The maximum Gasteiger partial charge on any atom is 0.265 e. The lowest BCUT2D eigenvalue weighted by Crippen LogP contribution is -2.31. The van der Waals surface area contributed by atoms with Gasteiger partial charge >= 0.3 is 0 Å². The summed E-state index contributed by atoms with van der Waals surface area (Å²) in [4.78, 5) is 51.2. The van der Waals surface area contributed by atoms with E-state index in [9.17, 15) is 23.9 Å². The summed E-state index contributed by atoms with van der Waals surface area (Å²) in [5.74, 6) is -2.89. The van der Waals surface area contributed by atoms with Gasteiger partial charge in [0.2, 0.25) is 0 Å². The lowest BCUT2D eigenvalue weighted by Gasteiger charge is -2.20. The number of carbonyl (C=O) groups is 3. The van der Waals surface area contributed by atoms with Gasteiger partial charge in [-0.05, 0) is 35.9 Å². The summed E-state index contributed by atoms with van der Waals surface area (Å²) in [5, 5.41) is 11.2. The highest BCUT2D eigenvalue weighted by Gasteiger charge is 2.43. The molecule has 0 radical (unpaired) electrons. The summed E-state index contributed by atoms with van der Waals surface area (Å²) in [5.41, 5.74) is 0.751. The Bertz CT molecular complexity index is 1490. The van der Waals surface area contributed by atoms with Crippen molar-refractivity contribution in [3.63, 3.8) is 0 Å². The van der Waals surface area contributed by atoms with Gasteiger partial charge in [-0.2, -0.15) is 0 Å². The minimum absolute atomic E-state index is 0.0145. The first-order chi connectivity index (χ1) is 16.9. The van der Waals surface area contributed by atoms with Crippen molar-refractivity contribution < 1.29 is 23.9 Å². The molecule has 0 saturated heterocycles. The third-order valence-corrected chi connectivity index (χ3v) is 5.90. The number of benzene rings is 2. The molecule has 9 heteroatoms. The van der Waals surface area contributed by atoms with Crippen LogP contribution < -0.4 is 0 Å². The summed E-state index contributed by atoms with van der Waals surface area (Å²) in [7, 11) is 1.57. The van der Waals surface area contributed by atoms with Crippen LogP contribution in [0.1, 0.15) is 42.3 Å². The summed E-state index contributed by atoms with van der Waals surface area (Å²) in [6.07, 6.45) is 3.04. The van der Waals surface area contributed by atoms with Crippen molar-refractivity contribution >= 4 is 28.6 Å². The topological polar surface area (TPSA) is 104 Å². The smallest absolute Gasteiger partial charge is 0.265 e. The molecular weight excluding hydrogens is 451 g/mol. The van der Waals surface area contributed by atoms with Crippen LogP contribution in [0.5, 0.6) is 5.75 Å². The van der Waals surface area contributed by atoms with E-state index in [-0.39, 0.29) is 40.7 Å².